The van der Waals surface area contributed by atoms with Crippen LogP contribution in [0.25, 0.3) is 6.08 Å². The maximum absolute atomic E-state index is 14.2. The summed E-state index contributed by atoms with van der Waals surface area (Å²) in [6.07, 6.45) is 14.8. The van der Waals surface area contributed by atoms with Crippen LogP contribution in [-0.4, -0.2) is 6.61 Å². The topological polar surface area (TPSA) is 9.23 Å². The molecule has 0 spiro atoms. The van der Waals surface area contributed by atoms with Gasteiger partial charge in [0, 0.05) is 0 Å². The van der Waals surface area contributed by atoms with E-state index in [9.17, 15) is 8.78 Å². The number of hydrogen-bond donors (Lipinski definition) is 0. The predicted octanol–water partition coefficient (Wildman–Crippen LogP) is 8.25. The minimum absolute atomic E-state index is 0.0235. The van der Waals surface area contributed by atoms with E-state index in [2.05, 4.69) is 36.9 Å². The summed E-state index contributed by atoms with van der Waals surface area (Å²) in [4.78, 5) is 0. The highest BCUT2D eigenvalue weighted by atomic mass is 19.2. The smallest absolute Gasteiger partial charge is 0.200 e. The lowest BCUT2D eigenvalue weighted by Gasteiger charge is -2.28. The second-order valence-electron chi connectivity index (χ2n) is 8.48. The van der Waals surface area contributed by atoms with Crippen molar-refractivity contribution in [1.29, 1.82) is 0 Å². The van der Waals surface area contributed by atoms with Crippen LogP contribution in [0.4, 0.5) is 8.78 Å². The van der Waals surface area contributed by atoms with Crippen LogP contribution in [0.2, 0.25) is 0 Å². The molecule has 1 aliphatic rings. The van der Waals surface area contributed by atoms with Gasteiger partial charge in [-0.15, -0.1) is 6.58 Å². The number of halogens is 2. The second kappa shape index (κ2) is 11.8. The van der Waals surface area contributed by atoms with E-state index in [4.69, 9.17) is 4.74 Å². The van der Waals surface area contributed by atoms with Gasteiger partial charge in [-0.2, -0.15) is 4.39 Å². The van der Waals surface area contributed by atoms with Crippen LogP contribution >= 0.6 is 0 Å². The summed E-state index contributed by atoms with van der Waals surface area (Å²) in [5.74, 6) is -0.179. The Morgan fingerprint density at radius 3 is 2.39 bits per heavy atom. The van der Waals surface area contributed by atoms with Crippen molar-refractivity contribution in [2.24, 2.45) is 5.92 Å². The lowest BCUT2D eigenvalue weighted by molar-refractivity contribution is 0.312. The third-order valence-electron chi connectivity index (χ3n) is 6.35. The summed E-state index contributed by atoms with van der Waals surface area (Å²) < 4.78 is 33.2. The SMILES string of the molecule is C=CCCC1CCC(c2ccc(C=CCCc3ccc(OCC)c(F)c3F)cc2)CC1. The van der Waals surface area contributed by atoms with Crippen LogP contribution in [0, 0.1) is 17.6 Å². The van der Waals surface area contributed by atoms with Crippen molar-refractivity contribution in [3.8, 4) is 5.75 Å². The van der Waals surface area contributed by atoms with Gasteiger partial charge < -0.3 is 4.74 Å². The van der Waals surface area contributed by atoms with Gasteiger partial charge in [0.1, 0.15) is 0 Å². The first-order valence-electron chi connectivity index (χ1n) is 11.6. The monoisotopic (exact) mass is 424 g/mol. The first kappa shape index (κ1) is 23.2. The van der Waals surface area contributed by atoms with Crippen LogP contribution in [0.15, 0.2) is 55.1 Å². The van der Waals surface area contributed by atoms with Gasteiger partial charge in [0.05, 0.1) is 6.61 Å². The van der Waals surface area contributed by atoms with Crippen LogP contribution in [0.5, 0.6) is 5.75 Å². The number of allylic oxidation sites excluding steroid dienone is 2. The molecule has 0 amide bonds. The molecule has 0 unspecified atom stereocenters. The highest BCUT2D eigenvalue weighted by molar-refractivity contribution is 5.50. The number of rotatable bonds is 10. The molecule has 3 rings (SSSR count). The Balaban J connectivity index is 1.48. The van der Waals surface area contributed by atoms with Crippen LogP contribution in [-0.2, 0) is 6.42 Å². The molecule has 166 valence electrons. The summed E-state index contributed by atoms with van der Waals surface area (Å²) in [5.41, 5.74) is 2.96. The standard InChI is InChI=1S/C28H34F2O/c1-3-5-8-21-11-15-23(16-12-21)24-17-13-22(14-18-24)9-6-7-10-25-19-20-26(31-4-2)28(30)27(25)29/h3,6,9,13-14,17-21,23H,1,4-5,7-8,10-12,15-16H2,2H3. The van der Waals surface area contributed by atoms with Gasteiger partial charge in [-0.3, -0.25) is 0 Å². The van der Waals surface area contributed by atoms with E-state index in [0.29, 0.717) is 30.9 Å². The largest absolute Gasteiger partial charge is 0.491 e. The van der Waals surface area contributed by atoms with Crippen LogP contribution in [0.3, 0.4) is 0 Å². The molecule has 31 heavy (non-hydrogen) atoms. The Labute approximate surface area is 185 Å². The fraction of sp³-hybridized carbons (Fsp3) is 0.429. The molecule has 2 aromatic rings. The normalized spacial score (nSPS) is 18.9. The number of benzene rings is 2. The second-order valence-corrected chi connectivity index (χ2v) is 8.48. The van der Waals surface area contributed by atoms with Crippen molar-refractivity contribution < 1.29 is 13.5 Å². The lowest BCUT2D eigenvalue weighted by atomic mass is 9.77. The molecule has 1 nitrogen and oxygen atoms in total. The zero-order valence-corrected chi connectivity index (χ0v) is 18.6. The van der Waals surface area contributed by atoms with Gasteiger partial charge in [0.15, 0.2) is 11.6 Å². The number of aryl methyl sites for hydroxylation is 1. The molecule has 0 N–H and O–H groups in total. The maximum atomic E-state index is 14.2. The minimum Gasteiger partial charge on any atom is -0.491 e. The Kier molecular flexibility index (Phi) is 8.87. The van der Waals surface area contributed by atoms with Crippen LogP contribution < -0.4 is 4.74 Å². The van der Waals surface area contributed by atoms with E-state index in [1.54, 1.807) is 13.0 Å². The number of ether oxygens (including phenoxy) is 1. The molecule has 2 aromatic carbocycles. The molecule has 1 aliphatic carbocycles. The van der Waals surface area contributed by atoms with Crippen molar-refractivity contribution in [2.45, 2.75) is 64.2 Å². The fourth-order valence-corrected chi connectivity index (χ4v) is 4.51. The fourth-order valence-electron chi connectivity index (χ4n) is 4.51. The van der Waals surface area contributed by atoms with E-state index in [1.807, 2.05) is 12.2 Å². The Bertz CT molecular complexity index is 861. The highest BCUT2D eigenvalue weighted by Gasteiger charge is 2.21. The zero-order chi connectivity index (χ0) is 22.1. The van der Waals surface area contributed by atoms with Crippen molar-refractivity contribution in [3.05, 3.63) is 83.5 Å². The van der Waals surface area contributed by atoms with Crippen molar-refractivity contribution in [1.82, 2.24) is 0 Å². The summed E-state index contributed by atoms with van der Waals surface area (Å²) in [6, 6.07) is 11.9. The highest BCUT2D eigenvalue weighted by Crippen LogP contribution is 2.37. The third kappa shape index (κ3) is 6.53. The van der Waals surface area contributed by atoms with E-state index in [1.165, 1.54) is 43.7 Å². The molecular weight excluding hydrogens is 390 g/mol. The van der Waals surface area contributed by atoms with Gasteiger partial charge in [0.25, 0.3) is 0 Å². The molecule has 0 radical (unpaired) electrons. The lowest BCUT2D eigenvalue weighted by Crippen LogP contribution is -2.13. The van der Waals surface area contributed by atoms with Crippen molar-refractivity contribution in [2.75, 3.05) is 6.61 Å². The van der Waals surface area contributed by atoms with E-state index >= 15 is 0 Å². The van der Waals surface area contributed by atoms with Gasteiger partial charge in [-0.1, -0.05) is 48.6 Å². The Morgan fingerprint density at radius 1 is 0.968 bits per heavy atom. The average molecular weight is 425 g/mol. The summed E-state index contributed by atoms with van der Waals surface area (Å²) >= 11 is 0. The van der Waals surface area contributed by atoms with Gasteiger partial charge in [0.2, 0.25) is 5.82 Å². The summed E-state index contributed by atoms with van der Waals surface area (Å²) in [6.45, 7) is 5.90. The molecule has 0 aromatic heterocycles. The zero-order valence-electron chi connectivity index (χ0n) is 18.6. The molecule has 0 saturated heterocycles. The molecule has 3 heteroatoms. The van der Waals surface area contributed by atoms with E-state index < -0.39 is 11.6 Å². The maximum Gasteiger partial charge on any atom is 0.200 e. The van der Waals surface area contributed by atoms with Crippen molar-refractivity contribution in [3.63, 3.8) is 0 Å². The number of hydrogen-bond acceptors (Lipinski definition) is 1. The molecule has 0 aliphatic heterocycles. The molecule has 0 heterocycles. The molecular formula is C28H34F2O. The van der Waals surface area contributed by atoms with Gasteiger partial charge in [-0.05, 0) is 92.9 Å². The quantitative estimate of drug-likeness (QED) is 0.349. The first-order chi connectivity index (χ1) is 15.1. The summed E-state index contributed by atoms with van der Waals surface area (Å²) in [7, 11) is 0. The molecule has 1 fully saturated rings. The first-order valence-corrected chi connectivity index (χ1v) is 11.6. The minimum atomic E-state index is -0.895. The van der Waals surface area contributed by atoms with E-state index in [-0.39, 0.29) is 5.75 Å². The Hall–Kier alpha value is -2.42. The van der Waals surface area contributed by atoms with E-state index in [0.717, 1.165) is 17.9 Å². The van der Waals surface area contributed by atoms with Crippen molar-refractivity contribution >= 4 is 6.08 Å². The van der Waals surface area contributed by atoms with Gasteiger partial charge in [-0.25, -0.2) is 4.39 Å². The van der Waals surface area contributed by atoms with Gasteiger partial charge >= 0.3 is 0 Å². The third-order valence-corrected chi connectivity index (χ3v) is 6.35. The van der Waals surface area contributed by atoms with Crippen LogP contribution in [0.1, 0.15) is 74.5 Å². The average Bonchev–Trinajstić information content (AvgIpc) is 2.80. The Morgan fingerprint density at radius 2 is 1.71 bits per heavy atom. The predicted molar refractivity (Wildman–Crippen MR) is 125 cm³/mol. The molecule has 1 saturated carbocycles. The molecule has 0 bridgehead atoms. The summed E-state index contributed by atoms with van der Waals surface area (Å²) in [5, 5.41) is 0. The molecule has 0 atom stereocenters.